The molecule has 1 aromatic carbocycles. The first-order valence-corrected chi connectivity index (χ1v) is 8.80. The van der Waals surface area contributed by atoms with Gasteiger partial charge in [0.2, 0.25) is 10.0 Å². The van der Waals surface area contributed by atoms with E-state index in [1.807, 2.05) is 0 Å². The van der Waals surface area contributed by atoms with E-state index in [1.165, 1.54) is 12.1 Å². The van der Waals surface area contributed by atoms with Gasteiger partial charge in [-0.05, 0) is 52.9 Å². The van der Waals surface area contributed by atoms with Crippen molar-refractivity contribution in [3.63, 3.8) is 0 Å². The van der Waals surface area contributed by atoms with Gasteiger partial charge >= 0.3 is 0 Å². The van der Waals surface area contributed by atoms with Gasteiger partial charge in [-0.2, -0.15) is 0 Å². The molecule has 2 rings (SSSR count). The molecule has 0 aliphatic heterocycles. The second-order valence-corrected chi connectivity index (χ2v) is 7.66. The van der Waals surface area contributed by atoms with Crippen LogP contribution in [0.15, 0.2) is 27.6 Å². The van der Waals surface area contributed by atoms with Gasteiger partial charge in [-0.25, -0.2) is 17.5 Å². The van der Waals surface area contributed by atoms with E-state index in [4.69, 9.17) is 0 Å². The van der Waals surface area contributed by atoms with E-state index in [0.29, 0.717) is 6.42 Å². The second-order valence-electron chi connectivity index (χ2n) is 5.04. The summed E-state index contributed by atoms with van der Waals surface area (Å²) in [7, 11) is -3.74. The molecule has 2 unspecified atom stereocenters. The third-order valence-electron chi connectivity index (χ3n) is 3.61. The van der Waals surface area contributed by atoms with Crippen molar-refractivity contribution < 1.29 is 17.9 Å². The van der Waals surface area contributed by atoms with Crippen LogP contribution in [0.1, 0.15) is 25.7 Å². The number of hydrogen-bond acceptors (Lipinski definition) is 3. The summed E-state index contributed by atoms with van der Waals surface area (Å²) in [6, 6.07) is 3.68. The summed E-state index contributed by atoms with van der Waals surface area (Å²) in [5, 5.41) is 9.82. The lowest BCUT2D eigenvalue weighted by atomic mass is 9.87. The standard InChI is InChI=1S/C13H17BrFNO3S/c14-11-6-5-10(7-12(11)15)20(18,19)16-8-9-3-1-2-4-13(9)17/h5-7,9,13,16-17H,1-4,8H2. The summed E-state index contributed by atoms with van der Waals surface area (Å²) < 4.78 is 40.2. The highest BCUT2D eigenvalue weighted by Gasteiger charge is 2.25. The summed E-state index contributed by atoms with van der Waals surface area (Å²) in [5.74, 6) is -0.690. The minimum Gasteiger partial charge on any atom is -0.393 e. The van der Waals surface area contributed by atoms with E-state index < -0.39 is 21.9 Å². The summed E-state index contributed by atoms with van der Waals surface area (Å²) in [5.41, 5.74) is 0. The number of halogens is 2. The minimum absolute atomic E-state index is 0.0705. The molecule has 0 amide bonds. The van der Waals surface area contributed by atoms with Crippen LogP contribution in [-0.4, -0.2) is 26.2 Å². The predicted molar refractivity (Wildman–Crippen MR) is 77.3 cm³/mol. The smallest absolute Gasteiger partial charge is 0.240 e. The third kappa shape index (κ3) is 3.78. The molecular formula is C13H17BrFNO3S. The first-order chi connectivity index (χ1) is 9.40. The first-order valence-electron chi connectivity index (χ1n) is 6.53. The van der Waals surface area contributed by atoms with E-state index >= 15 is 0 Å². The highest BCUT2D eigenvalue weighted by molar-refractivity contribution is 9.10. The van der Waals surface area contributed by atoms with Gasteiger partial charge in [0.1, 0.15) is 5.82 Å². The topological polar surface area (TPSA) is 66.4 Å². The highest BCUT2D eigenvalue weighted by Crippen LogP contribution is 2.24. The van der Waals surface area contributed by atoms with E-state index in [2.05, 4.69) is 20.7 Å². The Hall–Kier alpha value is -0.500. The average molecular weight is 366 g/mol. The van der Waals surface area contributed by atoms with E-state index in [9.17, 15) is 17.9 Å². The van der Waals surface area contributed by atoms with Crippen LogP contribution in [0, 0.1) is 11.7 Å². The van der Waals surface area contributed by atoms with Crippen molar-refractivity contribution in [1.29, 1.82) is 0 Å². The van der Waals surface area contributed by atoms with Crippen LogP contribution in [-0.2, 0) is 10.0 Å². The molecule has 4 nitrogen and oxygen atoms in total. The quantitative estimate of drug-likeness (QED) is 0.860. The van der Waals surface area contributed by atoms with Gasteiger partial charge in [-0.1, -0.05) is 12.8 Å². The predicted octanol–water partition coefficient (Wildman–Crippen LogP) is 2.42. The van der Waals surface area contributed by atoms with Crippen molar-refractivity contribution in [3.8, 4) is 0 Å². The Labute approximate surface area is 126 Å². The van der Waals surface area contributed by atoms with Gasteiger partial charge in [-0.3, -0.25) is 0 Å². The van der Waals surface area contributed by atoms with Crippen molar-refractivity contribution in [2.24, 2.45) is 5.92 Å². The van der Waals surface area contributed by atoms with Crippen LogP contribution in [0.2, 0.25) is 0 Å². The highest BCUT2D eigenvalue weighted by atomic mass is 79.9. The monoisotopic (exact) mass is 365 g/mol. The molecule has 2 atom stereocenters. The van der Waals surface area contributed by atoms with Crippen molar-refractivity contribution in [3.05, 3.63) is 28.5 Å². The van der Waals surface area contributed by atoms with Crippen LogP contribution < -0.4 is 4.72 Å². The molecule has 0 radical (unpaired) electrons. The summed E-state index contributed by atoms with van der Waals surface area (Å²) in [6.07, 6.45) is 3.02. The lowest BCUT2D eigenvalue weighted by molar-refractivity contribution is 0.0724. The molecule has 0 bridgehead atoms. The van der Waals surface area contributed by atoms with Gasteiger partial charge in [0.25, 0.3) is 0 Å². The molecule has 20 heavy (non-hydrogen) atoms. The molecule has 7 heteroatoms. The van der Waals surface area contributed by atoms with Crippen molar-refractivity contribution in [2.45, 2.75) is 36.7 Å². The zero-order valence-electron chi connectivity index (χ0n) is 10.9. The van der Waals surface area contributed by atoms with Crippen LogP contribution >= 0.6 is 15.9 Å². The van der Waals surface area contributed by atoms with Gasteiger partial charge in [-0.15, -0.1) is 0 Å². The lowest BCUT2D eigenvalue weighted by Gasteiger charge is -2.27. The molecule has 0 spiro atoms. The van der Waals surface area contributed by atoms with Gasteiger partial charge < -0.3 is 5.11 Å². The SMILES string of the molecule is O=S(=O)(NCC1CCCCC1O)c1ccc(Br)c(F)c1. The normalized spacial score (nSPS) is 23.8. The second kappa shape index (κ2) is 6.51. The summed E-state index contributed by atoms with van der Waals surface area (Å²) in [6.45, 7) is 0.182. The zero-order chi connectivity index (χ0) is 14.8. The molecule has 112 valence electrons. The Morgan fingerprint density at radius 2 is 2.05 bits per heavy atom. The molecule has 0 saturated heterocycles. The van der Waals surface area contributed by atoms with Crippen molar-refractivity contribution in [1.82, 2.24) is 4.72 Å². The Morgan fingerprint density at radius 3 is 2.70 bits per heavy atom. The molecular weight excluding hydrogens is 349 g/mol. The van der Waals surface area contributed by atoms with Gasteiger partial charge in [0.05, 0.1) is 15.5 Å². The molecule has 0 heterocycles. The fourth-order valence-corrected chi connectivity index (χ4v) is 3.72. The molecule has 1 aromatic rings. The molecule has 1 aliphatic carbocycles. The average Bonchev–Trinajstić information content (AvgIpc) is 2.41. The Kier molecular flexibility index (Phi) is 5.17. The molecule has 1 saturated carbocycles. The molecule has 1 fully saturated rings. The molecule has 0 aromatic heterocycles. The Morgan fingerprint density at radius 1 is 1.35 bits per heavy atom. The first kappa shape index (κ1) is 15.9. The maximum absolute atomic E-state index is 13.4. The van der Waals surface area contributed by atoms with E-state index in [1.54, 1.807) is 0 Å². The van der Waals surface area contributed by atoms with Crippen LogP contribution in [0.25, 0.3) is 0 Å². The molecule has 1 aliphatic rings. The van der Waals surface area contributed by atoms with Crippen LogP contribution in [0.4, 0.5) is 4.39 Å². The van der Waals surface area contributed by atoms with E-state index in [-0.39, 0.29) is 21.8 Å². The number of nitrogens with one attached hydrogen (secondary N) is 1. The fourth-order valence-electron chi connectivity index (χ4n) is 2.37. The number of hydrogen-bond donors (Lipinski definition) is 2. The molecule has 2 N–H and O–H groups in total. The number of aliphatic hydroxyl groups excluding tert-OH is 1. The summed E-state index contributed by atoms with van der Waals surface area (Å²) >= 11 is 2.98. The van der Waals surface area contributed by atoms with Crippen LogP contribution in [0.5, 0.6) is 0 Å². The Balaban J connectivity index is 2.05. The number of rotatable bonds is 4. The number of sulfonamides is 1. The lowest BCUT2D eigenvalue weighted by Crippen LogP contribution is -2.36. The largest absolute Gasteiger partial charge is 0.393 e. The van der Waals surface area contributed by atoms with E-state index in [0.717, 1.165) is 25.3 Å². The number of benzene rings is 1. The maximum atomic E-state index is 13.4. The maximum Gasteiger partial charge on any atom is 0.240 e. The summed E-state index contributed by atoms with van der Waals surface area (Å²) in [4.78, 5) is -0.108. The zero-order valence-corrected chi connectivity index (χ0v) is 13.3. The minimum atomic E-state index is -3.74. The van der Waals surface area contributed by atoms with Gasteiger partial charge in [0.15, 0.2) is 0 Å². The van der Waals surface area contributed by atoms with Crippen molar-refractivity contribution >= 4 is 26.0 Å². The van der Waals surface area contributed by atoms with Crippen LogP contribution in [0.3, 0.4) is 0 Å². The third-order valence-corrected chi connectivity index (χ3v) is 5.67. The van der Waals surface area contributed by atoms with Gasteiger partial charge in [0, 0.05) is 6.54 Å². The fraction of sp³-hybridized carbons (Fsp3) is 0.538. The Bertz CT molecular complexity index is 579. The van der Waals surface area contributed by atoms with Crippen molar-refractivity contribution in [2.75, 3.05) is 6.54 Å². The number of aliphatic hydroxyl groups is 1.